The Morgan fingerprint density at radius 2 is 0.848 bits per heavy atom. The first-order chi connectivity index (χ1) is 15.6. The zero-order chi connectivity index (χ0) is 24.5. The van der Waals surface area contributed by atoms with Crippen LogP contribution in [0.3, 0.4) is 0 Å². The first kappa shape index (κ1) is 28.7. The molecule has 0 aromatic heterocycles. The summed E-state index contributed by atoms with van der Waals surface area (Å²) in [6, 6.07) is 21.7. The maximum atomic E-state index is 2.54. The molecule has 0 radical (unpaired) electrons. The van der Waals surface area contributed by atoms with Crippen molar-refractivity contribution in [1.82, 2.24) is 0 Å². The molecule has 0 unspecified atom stereocenters. The Balaban J connectivity index is 2.39. The summed E-state index contributed by atoms with van der Waals surface area (Å²) < 4.78 is 0. The summed E-state index contributed by atoms with van der Waals surface area (Å²) in [5.41, 5.74) is 2.92. The summed E-state index contributed by atoms with van der Waals surface area (Å²) in [4.78, 5) is 0. The van der Waals surface area contributed by atoms with E-state index in [1.807, 2.05) is 0 Å². The van der Waals surface area contributed by atoms with Crippen LogP contribution >= 0.6 is 10.9 Å². The van der Waals surface area contributed by atoms with Crippen molar-refractivity contribution in [2.24, 2.45) is 0 Å². The Kier molecular flexibility index (Phi) is 11.7. The fourth-order valence-electron chi connectivity index (χ4n) is 4.84. The molecule has 2 aromatic rings. The maximum absolute atomic E-state index is 2.54. The molecular weight excluding hydrogens is 529 g/mol. The second-order valence-electron chi connectivity index (χ2n) is 10.5. The van der Waals surface area contributed by atoms with Gasteiger partial charge < -0.3 is 0 Å². The second kappa shape index (κ2) is 13.5. The Morgan fingerprint density at radius 3 is 1.12 bits per heavy atom. The molecule has 0 nitrogen and oxygen atoms in total. The Bertz CT molecular complexity index is 777. The normalized spacial score (nSPS) is 14.5. The zero-order valence-electron chi connectivity index (χ0n) is 22.1. The summed E-state index contributed by atoms with van der Waals surface area (Å²) in [5.74, 6) is 0. The second-order valence-corrected chi connectivity index (χ2v) is 32.2. The average molecular weight is 577 g/mol. The van der Waals surface area contributed by atoms with E-state index in [-0.39, 0.29) is 0 Å². The van der Waals surface area contributed by atoms with Gasteiger partial charge in [0.15, 0.2) is 0 Å². The predicted molar refractivity (Wildman–Crippen MR) is 158 cm³/mol. The molecule has 0 amide bonds. The first-order valence-electron chi connectivity index (χ1n) is 12.7. The Hall–Kier alpha value is -0.558. The van der Waals surface area contributed by atoms with Gasteiger partial charge in [0.1, 0.15) is 0 Å². The first-order valence-corrected chi connectivity index (χ1v) is 21.7. The van der Waals surface area contributed by atoms with Crippen molar-refractivity contribution >= 4 is 23.1 Å². The molecule has 33 heavy (non-hydrogen) atoms. The van der Waals surface area contributed by atoms with Gasteiger partial charge in [-0.3, -0.25) is 0 Å². The van der Waals surface area contributed by atoms with E-state index < -0.39 is 10.9 Å². The zero-order valence-corrected chi connectivity index (χ0v) is 25.7. The van der Waals surface area contributed by atoms with Gasteiger partial charge >= 0.3 is 214 Å². The summed E-state index contributed by atoms with van der Waals surface area (Å²) in [6.07, 6.45) is 12.5. The van der Waals surface area contributed by atoms with Crippen LogP contribution in [0.1, 0.15) is 66.5 Å². The van der Waals surface area contributed by atoms with Crippen LogP contribution in [0.4, 0.5) is 0 Å². The minimum absolute atomic E-state index is 0.814. The van der Waals surface area contributed by atoms with Crippen molar-refractivity contribution in [3.05, 3.63) is 83.9 Å². The molecule has 2 aromatic carbocycles. The quantitative estimate of drug-likeness (QED) is 0.174. The molecule has 3 heteroatoms. The van der Waals surface area contributed by atoms with Crippen molar-refractivity contribution in [1.29, 1.82) is 0 Å². The number of hydrogen-bond donors (Lipinski definition) is 0. The van der Waals surface area contributed by atoms with Crippen LogP contribution in [0.15, 0.2) is 72.8 Å². The van der Waals surface area contributed by atoms with Gasteiger partial charge in [0.2, 0.25) is 0 Å². The monoisotopic (exact) mass is 576 g/mol. The van der Waals surface area contributed by atoms with Crippen LogP contribution in [0, 0.1) is 0 Å². The average Bonchev–Trinajstić information content (AvgIpc) is 2.78. The van der Waals surface area contributed by atoms with Crippen LogP contribution in [-0.2, 0) is 17.0 Å². The molecule has 188 valence electrons. The van der Waals surface area contributed by atoms with Crippen LogP contribution in [0.2, 0.25) is 0 Å². The SMILES string of the molecule is CC(C)[PH](C/C=C/c1ccccc1)([Pd][PH](C/C=C/c1ccccc1)(C(C)C)C(C)C)C(C)C. The van der Waals surface area contributed by atoms with E-state index in [1.165, 1.54) is 23.5 Å². The molecule has 0 N–H and O–H groups in total. The van der Waals surface area contributed by atoms with Crippen LogP contribution in [-0.4, -0.2) is 35.0 Å². The predicted octanol–water partition coefficient (Wildman–Crippen LogP) is 9.46. The Labute approximate surface area is 213 Å². The van der Waals surface area contributed by atoms with Gasteiger partial charge in [-0.15, -0.1) is 0 Å². The van der Waals surface area contributed by atoms with Crippen LogP contribution in [0.5, 0.6) is 0 Å². The van der Waals surface area contributed by atoms with Crippen molar-refractivity contribution in [3.8, 4) is 0 Å². The van der Waals surface area contributed by atoms with E-state index in [1.54, 1.807) is 0 Å². The van der Waals surface area contributed by atoms with E-state index in [0.717, 1.165) is 39.6 Å². The molecular formula is C30H48P2Pd. The molecule has 2 rings (SSSR count). The molecule has 0 spiro atoms. The third-order valence-electron chi connectivity index (χ3n) is 7.05. The summed E-state index contributed by atoms with van der Waals surface area (Å²) in [6.45, 7) is 20.3. The fraction of sp³-hybridized carbons (Fsp3) is 0.467. The van der Waals surface area contributed by atoms with E-state index in [4.69, 9.17) is 0 Å². The Morgan fingerprint density at radius 1 is 0.545 bits per heavy atom. The third-order valence-corrected chi connectivity index (χ3v) is 44.2. The van der Waals surface area contributed by atoms with E-state index in [9.17, 15) is 0 Å². The number of benzene rings is 2. The van der Waals surface area contributed by atoms with Crippen LogP contribution < -0.4 is 0 Å². The molecule has 0 saturated carbocycles. The molecule has 0 saturated heterocycles. The molecule has 0 atom stereocenters. The van der Waals surface area contributed by atoms with Gasteiger partial charge in [-0.25, -0.2) is 0 Å². The minimum atomic E-state index is -1.50. The molecule has 0 bridgehead atoms. The van der Waals surface area contributed by atoms with E-state index in [0.29, 0.717) is 0 Å². The van der Waals surface area contributed by atoms with Crippen molar-refractivity contribution < 1.29 is 17.0 Å². The number of hydrogen-bond acceptors (Lipinski definition) is 0. The summed E-state index contributed by atoms with van der Waals surface area (Å²) >= 11 is 0.911. The molecule has 0 aliphatic rings. The van der Waals surface area contributed by atoms with Crippen molar-refractivity contribution in [2.45, 2.75) is 78.0 Å². The van der Waals surface area contributed by atoms with Crippen molar-refractivity contribution in [3.63, 3.8) is 0 Å². The molecule has 0 fully saturated rings. The van der Waals surface area contributed by atoms with Gasteiger partial charge in [-0.05, 0) is 0 Å². The molecule has 0 aliphatic carbocycles. The van der Waals surface area contributed by atoms with Gasteiger partial charge in [0.05, 0.1) is 0 Å². The van der Waals surface area contributed by atoms with Gasteiger partial charge in [0, 0.05) is 0 Å². The number of rotatable bonds is 12. The molecule has 0 heterocycles. The topological polar surface area (TPSA) is 0 Å². The van der Waals surface area contributed by atoms with Gasteiger partial charge in [-0.1, -0.05) is 0 Å². The van der Waals surface area contributed by atoms with Crippen molar-refractivity contribution in [2.75, 3.05) is 12.3 Å². The van der Waals surface area contributed by atoms with Gasteiger partial charge in [-0.2, -0.15) is 0 Å². The number of allylic oxidation sites excluding steroid dienone is 2. The summed E-state index contributed by atoms with van der Waals surface area (Å²) in [7, 11) is 0. The van der Waals surface area contributed by atoms with E-state index in [2.05, 4.69) is 140 Å². The van der Waals surface area contributed by atoms with Crippen LogP contribution in [0.25, 0.3) is 12.2 Å². The summed E-state index contributed by atoms with van der Waals surface area (Å²) in [5, 5.41) is 0. The third kappa shape index (κ3) is 7.71. The fourth-order valence-corrected chi connectivity index (χ4v) is 48.2. The molecule has 0 aliphatic heterocycles. The standard InChI is InChI=1S/2C15H23P.Pd/c2*1-13(2)16(14(3)4)12-8-11-15-9-6-5-7-10-15;/h2*5-11,13-14H,12H2,1-4H3;/q;;-2/p+2/b2*11-8+;. The van der Waals surface area contributed by atoms with E-state index >= 15 is 0 Å². The van der Waals surface area contributed by atoms with Gasteiger partial charge in [0.25, 0.3) is 0 Å².